The van der Waals surface area contributed by atoms with Crippen LogP contribution in [0.5, 0.6) is 0 Å². The minimum absolute atomic E-state index is 0.00815. The molecule has 0 radical (unpaired) electrons. The zero-order chi connectivity index (χ0) is 24.6. The number of hydrogen-bond acceptors (Lipinski definition) is 6. The van der Waals surface area contributed by atoms with Gasteiger partial charge in [-0.1, -0.05) is 57.2 Å². The Morgan fingerprint density at radius 2 is 1.58 bits per heavy atom. The van der Waals surface area contributed by atoms with Gasteiger partial charge in [-0.3, -0.25) is 10.1 Å². The Balaban J connectivity index is 2.19. The number of ether oxygens (including phenoxy) is 2. The van der Waals surface area contributed by atoms with Crippen LogP contribution in [0.15, 0.2) is 42.5 Å². The van der Waals surface area contributed by atoms with Gasteiger partial charge in [-0.05, 0) is 48.9 Å². The van der Waals surface area contributed by atoms with Gasteiger partial charge in [0.05, 0.1) is 18.0 Å². The number of nitrogens with zero attached hydrogens (tertiary/aromatic N) is 2. The molecule has 0 fully saturated rings. The predicted molar refractivity (Wildman–Crippen MR) is 126 cm³/mol. The summed E-state index contributed by atoms with van der Waals surface area (Å²) in [5.74, 6) is -2.00. The molecule has 0 bridgehead atoms. The van der Waals surface area contributed by atoms with Gasteiger partial charge < -0.3 is 9.47 Å². The van der Waals surface area contributed by atoms with Crippen LogP contribution < -0.4 is 5.32 Å². The Labute approximate surface area is 192 Å². The number of methoxy groups -OCH3 is 1. The van der Waals surface area contributed by atoms with E-state index in [-0.39, 0.29) is 11.2 Å². The molecule has 0 unspecified atom stereocenters. The number of anilines is 1. The standard InChI is InChI=1S/C25H29N3O5/c1-24(2,3)16-13-11-15(12-14-16)17-9-8-10-18-19(17)20(26-21(29)22(30)32-7)27-28(18)23(31)33-25(4,5)6/h8-14H,1-7H3,(H,26,27,29). The van der Waals surface area contributed by atoms with E-state index in [9.17, 15) is 14.4 Å². The first-order valence-corrected chi connectivity index (χ1v) is 10.6. The maximum absolute atomic E-state index is 12.8. The van der Waals surface area contributed by atoms with Crippen molar-refractivity contribution in [3.8, 4) is 11.1 Å². The first-order chi connectivity index (χ1) is 15.3. The highest BCUT2D eigenvalue weighted by molar-refractivity contribution is 6.38. The fraction of sp³-hybridized carbons (Fsp3) is 0.360. The van der Waals surface area contributed by atoms with Crippen LogP contribution >= 0.6 is 0 Å². The number of amides is 1. The quantitative estimate of drug-likeness (QED) is 0.440. The highest BCUT2D eigenvalue weighted by Crippen LogP contribution is 2.35. The molecule has 0 spiro atoms. The van der Waals surface area contributed by atoms with E-state index < -0.39 is 23.6 Å². The number of nitrogens with one attached hydrogen (secondary N) is 1. The second-order valence-electron chi connectivity index (χ2n) is 9.71. The van der Waals surface area contributed by atoms with Crippen LogP contribution in [0.3, 0.4) is 0 Å². The zero-order valence-electron chi connectivity index (χ0n) is 20.0. The minimum atomic E-state index is -1.07. The number of hydrogen-bond donors (Lipinski definition) is 1. The van der Waals surface area contributed by atoms with Crippen molar-refractivity contribution in [1.82, 2.24) is 9.78 Å². The van der Waals surface area contributed by atoms with E-state index in [0.29, 0.717) is 10.9 Å². The van der Waals surface area contributed by atoms with E-state index in [1.165, 1.54) is 5.56 Å². The number of benzene rings is 2. The summed E-state index contributed by atoms with van der Waals surface area (Å²) in [7, 11) is 1.11. The van der Waals surface area contributed by atoms with Crippen LogP contribution in [0.4, 0.5) is 10.6 Å². The summed E-state index contributed by atoms with van der Waals surface area (Å²) < 4.78 is 11.1. The molecule has 0 aliphatic heterocycles. The molecule has 33 heavy (non-hydrogen) atoms. The first kappa shape index (κ1) is 24.0. The summed E-state index contributed by atoms with van der Waals surface area (Å²) in [4.78, 5) is 36.8. The normalized spacial score (nSPS) is 11.8. The van der Waals surface area contributed by atoms with E-state index in [2.05, 4.69) is 35.9 Å². The lowest BCUT2D eigenvalue weighted by Gasteiger charge is -2.19. The van der Waals surface area contributed by atoms with Gasteiger partial charge in [0, 0.05) is 0 Å². The molecule has 3 rings (SSSR count). The van der Waals surface area contributed by atoms with Gasteiger partial charge >= 0.3 is 18.0 Å². The molecule has 1 heterocycles. The average molecular weight is 452 g/mol. The average Bonchev–Trinajstić information content (AvgIpc) is 3.10. The van der Waals surface area contributed by atoms with Gasteiger partial charge in [-0.25, -0.2) is 9.59 Å². The predicted octanol–water partition coefficient (Wildman–Crippen LogP) is 4.90. The van der Waals surface area contributed by atoms with Gasteiger partial charge in [0.2, 0.25) is 0 Å². The Morgan fingerprint density at radius 3 is 2.12 bits per heavy atom. The topological polar surface area (TPSA) is 99.5 Å². The van der Waals surface area contributed by atoms with Gasteiger partial charge in [-0.2, -0.15) is 4.68 Å². The molecule has 0 saturated heterocycles. The lowest BCUT2D eigenvalue weighted by Crippen LogP contribution is -2.28. The lowest BCUT2D eigenvalue weighted by atomic mass is 9.86. The van der Waals surface area contributed by atoms with Crippen molar-refractivity contribution in [2.24, 2.45) is 0 Å². The summed E-state index contributed by atoms with van der Waals surface area (Å²) in [6.45, 7) is 11.6. The van der Waals surface area contributed by atoms with E-state index in [0.717, 1.165) is 22.9 Å². The van der Waals surface area contributed by atoms with E-state index in [1.807, 2.05) is 30.3 Å². The van der Waals surface area contributed by atoms with Crippen molar-refractivity contribution in [3.63, 3.8) is 0 Å². The maximum atomic E-state index is 12.8. The molecule has 0 aliphatic rings. The summed E-state index contributed by atoms with van der Waals surface area (Å²) in [5.41, 5.74) is 2.45. The molecule has 0 aliphatic carbocycles. The minimum Gasteiger partial charge on any atom is -0.462 e. The van der Waals surface area contributed by atoms with Crippen molar-refractivity contribution in [1.29, 1.82) is 0 Å². The molecule has 1 amide bonds. The molecule has 174 valence electrons. The Bertz CT molecular complexity index is 1210. The Hall–Kier alpha value is -3.68. The summed E-state index contributed by atoms with van der Waals surface area (Å²) >= 11 is 0. The van der Waals surface area contributed by atoms with Crippen LogP contribution in [0.25, 0.3) is 22.0 Å². The van der Waals surface area contributed by atoms with Crippen molar-refractivity contribution >= 4 is 34.7 Å². The highest BCUT2D eigenvalue weighted by Gasteiger charge is 2.26. The van der Waals surface area contributed by atoms with E-state index >= 15 is 0 Å². The third-order valence-electron chi connectivity index (χ3n) is 4.94. The molecule has 0 atom stereocenters. The van der Waals surface area contributed by atoms with Crippen molar-refractivity contribution in [2.45, 2.75) is 52.6 Å². The summed E-state index contributed by atoms with van der Waals surface area (Å²) in [6, 6.07) is 13.4. The smallest absolute Gasteiger partial charge is 0.435 e. The van der Waals surface area contributed by atoms with Crippen molar-refractivity contribution in [3.05, 3.63) is 48.0 Å². The van der Waals surface area contributed by atoms with Crippen molar-refractivity contribution in [2.75, 3.05) is 12.4 Å². The zero-order valence-corrected chi connectivity index (χ0v) is 20.0. The molecule has 1 N–H and O–H groups in total. The monoisotopic (exact) mass is 451 g/mol. The van der Waals surface area contributed by atoms with Crippen LogP contribution in [0.2, 0.25) is 0 Å². The second kappa shape index (κ2) is 8.69. The van der Waals surface area contributed by atoms with Crippen LogP contribution in [-0.4, -0.2) is 40.5 Å². The number of aromatic nitrogens is 2. The molecule has 1 aromatic heterocycles. The van der Waals surface area contributed by atoms with Crippen LogP contribution in [-0.2, 0) is 24.5 Å². The molecular weight excluding hydrogens is 422 g/mol. The summed E-state index contributed by atoms with van der Waals surface area (Å²) in [5, 5.41) is 7.25. The van der Waals surface area contributed by atoms with Gasteiger partial charge in [0.1, 0.15) is 5.60 Å². The molecule has 0 saturated carbocycles. The SMILES string of the molecule is COC(=O)C(=O)Nc1nn(C(=O)OC(C)(C)C)c2cccc(-c3ccc(C(C)(C)C)cc3)c12. The van der Waals surface area contributed by atoms with Crippen molar-refractivity contribution < 1.29 is 23.9 Å². The summed E-state index contributed by atoms with van der Waals surface area (Å²) in [6.07, 6.45) is -0.703. The molecule has 8 heteroatoms. The fourth-order valence-electron chi connectivity index (χ4n) is 3.34. The van der Waals surface area contributed by atoms with Crippen LogP contribution in [0.1, 0.15) is 47.1 Å². The lowest BCUT2D eigenvalue weighted by molar-refractivity contribution is -0.150. The molecule has 8 nitrogen and oxygen atoms in total. The van der Waals surface area contributed by atoms with Gasteiger partial charge in [0.25, 0.3) is 0 Å². The number of esters is 1. The Morgan fingerprint density at radius 1 is 0.939 bits per heavy atom. The second-order valence-corrected chi connectivity index (χ2v) is 9.71. The molecule has 2 aromatic carbocycles. The third-order valence-corrected chi connectivity index (χ3v) is 4.94. The van der Waals surface area contributed by atoms with E-state index in [4.69, 9.17) is 4.74 Å². The fourth-order valence-corrected chi connectivity index (χ4v) is 3.34. The number of fused-ring (bicyclic) bond motifs is 1. The first-order valence-electron chi connectivity index (χ1n) is 10.6. The van der Waals surface area contributed by atoms with Gasteiger partial charge in [-0.15, -0.1) is 5.10 Å². The molecular formula is C25H29N3O5. The van der Waals surface area contributed by atoms with Crippen LogP contribution in [0, 0.1) is 0 Å². The Kier molecular flexibility index (Phi) is 6.31. The number of carbonyl (C=O) groups excluding carboxylic acids is 3. The number of rotatable bonds is 2. The maximum Gasteiger partial charge on any atom is 0.435 e. The van der Waals surface area contributed by atoms with Gasteiger partial charge in [0.15, 0.2) is 5.82 Å². The number of carbonyl (C=O) groups is 3. The molecule has 3 aromatic rings. The largest absolute Gasteiger partial charge is 0.462 e. The third kappa shape index (κ3) is 5.22. The highest BCUT2D eigenvalue weighted by atomic mass is 16.6. The van der Waals surface area contributed by atoms with E-state index in [1.54, 1.807) is 32.9 Å².